The highest BCUT2D eigenvalue weighted by Gasteiger charge is 2.71. The number of aliphatic hydroxyl groups excluding tert-OH is 2. The first-order valence-corrected chi connectivity index (χ1v) is 19.4. The van der Waals surface area contributed by atoms with Gasteiger partial charge in [-0.25, -0.2) is 8.42 Å². The molecule has 3 fully saturated rings. The van der Waals surface area contributed by atoms with Crippen molar-refractivity contribution in [1.82, 2.24) is 0 Å². The van der Waals surface area contributed by atoms with Crippen LogP contribution in [0.1, 0.15) is 86.0 Å². The Kier molecular flexibility index (Phi) is 8.83. The van der Waals surface area contributed by atoms with E-state index in [4.69, 9.17) is 0 Å². The van der Waals surface area contributed by atoms with Gasteiger partial charge in [0.25, 0.3) is 0 Å². The van der Waals surface area contributed by atoms with E-state index in [0.29, 0.717) is 35.6 Å². The number of nitrogens with zero attached hydrogens (tertiary/aromatic N) is 1. The highest BCUT2D eigenvalue weighted by Crippen LogP contribution is 2.69. The number of carbonyl (C=O) groups excluding carboxylic acids is 1. The highest BCUT2D eigenvalue weighted by atomic mass is 32.2. The maximum atomic E-state index is 14.7. The molecule has 3 saturated carbocycles. The van der Waals surface area contributed by atoms with Gasteiger partial charge in [-0.2, -0.15) is 0 Å². The van der Waals surface area contributed by atoms with Crippen molar-refractivity contribution >= 4 is 32.1 Å². The van der Waals surface area contributed by atoms with E-state index in [1.165, 1.54) is 12.1 Å². The fraction of sp³-hybridized carbons (Fsp3) is 0.667. The number of sulfone groups is 1. The predicted octanol–water partition coefficient (Wildman–Crippen LogP) is 3.87. The van der Waals surface area contributed by atoms with E-state index in [0.717, 1.165) is 5.69 Å². The molecule has 4 aliphatic carbocycles. The lowest BCUT2D eigenvalue weighted by molar-refractivity contribution is -0.179. The SMILES string of the molecule is CN(C)c1cccc2c(S(=O)(=O)[C@]3(O)C[C@@]4(C)[C@@H](C[C@H]3O)C(=O)C=C3[C@@H]4CC[C@]4(C)[C@@H]([C@@](C)(O)C(O)CCC(C)(C)O)CC[C@@]34O)cccc12. The first kappa shape index (κ1) is 37.4. The number of rotatable bonds is 8. The van der Waals surface area contributed by atoms with Crippen LogP contribution in [0.4, 0.5) is 5.69 Å². The van der Waals surface area contributed by atoms with Gasteiger partial charge in [-0.3, -0.25) is 4.79 Å². The summed E-state index contributed by atoms with van der Waals surface area (Å²) < 4.78 is 29.3. The van der Waals surface area contributed by atoms with Crippen LogP contribution in [-0.2, 0) is 14.6 Å². The fourth-order valence-electron chi connectivity index (χ4n) is 10.7. The molecule has 0 aromatic heterocycles. The first-order valence-electron chi connectivity index (χ1n) is 17.9. The lowest BCUT2D eigenvalue weighted by atomic mass is 9.45. The van der Waals surface area contributed by atoms with E-state index in [2.05, 4.69) is 0 Å². The quantitative estimate of drug-likeness (QED) is 0.236. The van der Waals surface area contributed by atoms with Crippen molar-refractivity contribution in [3.8, 4) is 0 Å². The summed E-state index contributed by atoms with van der Waals surface area (Å²) in [6.45, 7) is 8.57. The van der Waals surface area contributed by atoms with Gasteiger partial charge in [0.05, 0.1) is 33.9 Å². The zero-order valence-electron chi connectivity index (χ0n) is 30.3. The van der Waals surface area contributed by atoms with Gasteiger partial charge in [-0.1, -0.05) is 38.1 Å². The van der Waals surface area contributed by atoms with Crippen LogP contribution < -0.4 is 4.90 Å². The molecule has 276 valence electrons. The normalized spacial score (nSPS) is 37.7. The minimum Gasteiger partial charge on any atom is -0.390 e. The van der Waals surface area contributed by atoms with E-state index >= 15 is 0 Å². The number of benzene rings is 2. The summed E-state index contributed by atoms with van der Waals surface area (Å²) in [5.74, 6) is -2.11. The van der Waals surface area contributed by atoms with Gasteiger partial charge in [0.1, 0.15) is 0 Å². The second-order valence-electron chi connectivity index (χ2n) is 17.4. The molecule has 4 aliphatic rings. The number of allylic oxidation sites excluding steroid dienone is 1. The molecule has 2 aromatic carbocycles. The second-order valence-corrected chi connectivity index (χ2v) is 19.6. The van der Waals surface area contributed by atoms with Crippen molar-refractivity contribution < 1.29 is 43.9 Å². The van der Waals surface area contributed by atoms with Crippen molar-refractivity contribution in [2.75, 3.05) is 19.0 Å². The summed E-state index contributed by atoms with van der Waals surface area (Å²) in [5.41, 5.74) is -4.93. The predicted molar refractivity (Wildman–Crippen MR) is 191 cm³/mol. The van der Waals surface area contributed by atoms with Crippen molar-refractivity contribution in [3.63, 3.8) is 0 Å². The average molecular weight is 714 g/mol. The van der Waals surface area contributed by atoms with E-state index in [-0.39, 0.29) is 36.4 Å². The van der Waals surface area contributed by atoms with Gasteiger partial charge >= 0.3 is 0 Å². The van der Waals surface area contributed by atoms with Crippen LogP contribution in [0.3, 0.4) is 0 Å². The average Bonchev–Trinajstić information content (AvgIpc) is 3.31. The van der Waals surface area contributed by atoms with E-state index in [1.807, 2.05) is 45.0 Å². The van der Waals surface area contributed by atoms with Crippen molar-refractivity contribution in [1.29, 1.82) is 0 Å². The zero-order chi connectivity index (χ0) is 37.0. The number of carbonyl (C=O) groups is 1. The van der Waals surface area contributed by atoms with Crippen LogP contribution in [0.25, 0.3) is 10.8 Å². The Bertz CT molecular complexity index is 1830. The number of hydrogen-bond acceptors (Lipinski definition) is 10. The van der Waals surface area contributed by atoms with Crippen LogP contribution in [0.2, 0.25) is 0 Å². The number of aliphatic hydroxyl groups is 6. The van der Waals surface area contributed by atoms with Crippen LogP contribution in [0.15, 0.2) is 52.9 Å². The first-order chi connectivity index (χ1) is 23.0. The Balaban J connectivity index is 1.38. The molecule has 2 aromatic rings. The van der Waals surface area contributed by atoms with Crippen LogP contribution >= 0.6 is 0 Å². The molecule has 10 nitrogen and oxygen atoms in total. The van der Waals surface area contributed by atoms with E-state index in [1.54, 1.807) is 39.0 Å². The fourth-order valence-corrected chi connectivity index (χ4v) is 12.8. The lowest BCUT2D eigenvalue weighted by Gasteiger charge is -2.61. The minimum atomic E-state index is -4.61. The van der Waals surface area contributed by atoms with Crippen LogP contribution in [0, 0.1) is 28.6 Å². The maximum Gasteiger partial charge on any atom is 0.211 e. The van der Waals surface area contributed by atoms with Crippen LogP contribution in [0.5, 0.6) is 0 Å². The minimum absolute atomic E-state index is 0.0981. The Morgan fingerprint density at radius 1 is 0.960 bits per heavy atom. The maximum absolute atomic E-state index is 14.7. The molecule has 6 rings (SSSR count). The lowest BCUT2D eigenvalue weighted by Crippen LogP contribution is -2.66. The second kappa shape index (κ2) is 11.8. The van der Waals surface area contributed by atoms with Gasteiger partial charge in [0.15, 0.2) is 10.7 Å². The van der Waals surface area contributed by atoms with Crippen LogP contribution in [-0.4, -0.2) is 92.9 Å². The topological polar surface area (TPSA) is 176 Å². The largest absolute Gasteiger partial charge is 0.390 e. The number of anilines is 1. The third-order valence-corrected chi connectivity index (χ3v) is 15.9. The summed E-state index contributed by atoms with van der Waals surface area (Å²) >= 11 is 0. The van der Waals surface area contributed by atoms with Gasteiger partial charge in [0.2, 0.25) is 9.84 Å². The smallest absolute Gasteiger partial charge is 0.211 e. The van der Waals surface area contributed by atoms with Gasteiger partial charge in [0, 0.05) is 48.3 Å². The Labute approximate surface area is 295 Å². The summed E-state index contributed by atoms with van der Waals surface area (Å²) in [5, 5.41) is 70.9. The molecule has 0 radical (unpaired) electrons. The molecule has 10 atom stereocenters. The van der Waals surface area contributed by atoms with Crippen molar-refractivity contribution in [2.45, 2.75) is 125 Å². The number of hydrogen-bond donors (Lipinski definition) is 6. The van der Waals surface area contributed by atoms with Gasteiger partial charge in [-0.15, -0.1) is 0 Å². The van der Waals surface area contributed by atoms with E-state index in [9.17, 15) is 43.9 Å². The van der Waals surface area contributed by atoms with Crippen molar-refractivity contribution in [3.05, 3.63) is 48.0 Å². The molecule has 11 heteroatoms. The summed E-state index contributed by atoms with van der Waals surface area (Å²) in [6.07, 6.45) is -0.160. The monoisotopic (exact) mass is 713 g/mol. The molecule has 0 bridgehead atoms. The molecule has 6 N–H and O–H groups in total. The molecule has 50 heavy (non-hydrogen) atoms. The molecule has 0 amide bonds. The van der Waals surface area contributed by atoms with Gasteiger partial charge in [-0.05, 0) is 107 Å². The summed E-state index contributed by atoms with van der Waals surface area (Å²) in [6, 6.07) is 10.2. The third kappa shape index (κ3) is 5.24. The van der Waals surface area contributed by atoms with Gasteiger partial charge < -0.3 is 35.5 Å². The molecule has 0 spiro atoms. The van der Waals surface area contributed by atoms with Crippen molar-refractivity contribution in [2.24, 2.45) is 28.6 Å². The molecule has 1 unspecified atom stereocenters. The third-order valence-electron chi connectivity index (χ3n) is 13.7. The summed E-state index contributed by atoms with van der Waals surface area (Å²) in [7, 11) is -0.890. The summed E-state index contributed by atoms with van der Waals surface area (Å²) in [4.78, 5) is 13.2. The van der Waals surface area contributed by atoms with E-state index < -0.39 is 78.8 Å². The molecule has 0 aliphatic heterocycles. The Hall–Kier alpha value is -2.38. The molecule has 0 heterocycles. The Morgan fingerprint density at radius 2 is 1.60 bits per heavy atom. The molecule has 0 saturated heterocycles. The number of ketones is 1. The molecular weight excluding hydrogens is 658 g/mol. The standard InChI is InChI=1S/C39H55NO9S/c1-34(2,44)17-16-32(42)37(5,45)31-15-19-38(46)26-20-29(41)27-21-33(43)39(47,22-35(27,3)25(26)14-18-36(31,38)4)50(48,49)30-13-9-10-23-24(30)11-8-12-28(23)40(6)7/h8-13,20,25,27,31-33,42-47H,14-19,21-22H2,1-7H3/t25-,27-,31-,32?,33+,35+,36+,37+,38+,39+/m0/s1. The number of fused-ring (bicyclic) bond motifs is 6. The zero-order valence-corrected chi connectivity index (χ0v) is 31.2. The Morgan fingerprint density at radius 3 is 2.24 bits per heavy atom. The molecular formula is C39H55NO9S. The highest BCUT2D eigenvalue weighted by molar-refractivity contribution is 7.93.